The van der Waals surface area contributed by atoms with Gasteiger partial charge in [0.25, 0.3) is 0 Å². The molecule has 28 heavy (non-hydrogen) atoms. The number of methoxy groups -OCH3 is 1. The van der Waals surface area contributed by atoms with Crippen LogP contribution >= 0.6 is 15.9 Å². The van der Waals surface area contributed by atoms with Crippen molar-refractivity contribution in [3.05, 3.63) is 76.9 Å². The molecule has 2 aromatic carbocycles. The van der Waals surface area contributed by atoms with Crippen LogP contribution < -0.4 is 4.74 Å². The highest BCUT2D eigenvalue weighted by Gasteiger charge is 2.15. The molecule has 138 valence electrons. The molecule has 7 nitrogen and oxygen atoms in total. The number of rotatable bonds is 4. The average Bonchev–Trinajstić information content (AvgIpc) is 3.32. The van der Waals surface area contributed by atoms with Crippen molar-refractivity contribution in [3.8, 4) is 11.4 Å². The number of benzene rings is 2. The monoisotopic (exact) mass is 434 g/mol. The number of para-hydroxylation sites is 1. The van der Waals surface area contributed by atoms with Crippen molar-refractivity contribution in [2.45, 2.75) is 6.42 Å². The van der Waals surface area contributed by atoms with E-state index in [0.717, 1.165) is 44.0 Å². The lowest BCUT2D eigenvalue weighted by molar-refractivity contribution is 0.414. The zero-order valence-electron chi connectivity index (χ0n) is 15.0. The molecule has 0 saturated carbocycles. The second-order valence-electron chi connectivity index (χ2n) is 6.31. The number of nitrogens with zero attached hydrogens (tertiary/aromatic N) is 6. The molecule has 3 aromatic heterocycles. The van der Waals surface area contributed by atoms with E-state index < -0.39 is 0 Å². The molecule has 0 N–H and O–H groups in total. The normalized spacial score (nSPS) is 11.4. The van der Waals surface area contributed by atoms with Crippen LogP contribution in [0.2, 0.25) is 0 Å². The molecule has 0 atom stereocenters. The number of aromatic nitrogens is 6. The predicted molar refractivity (Wildman–Crippen MR) is 109 cm³/mol. The topological polar surface area (TPSA) is 70.1 Å². The van der Waals surface area contributed by atoms with Gasteiger partial charge in [0.15, 0.2) is 17.1 Å². The molecule has 5 rings (SSSR count). The van der Waals surface area contributed by atoms with Crippen LogP contribution in [0.1, 0.15) is 11.4 Å². The van der Waals surface area contributed by atoms with Gasteiger partial charge in [0.05, 0.1) is 24.4 Å². The third-order valence-electron chi connectivity index (χ3n) is 4.55. The molecule has 0 bridgehead atoms. The summed E-state index contributed by atoms with van der Waals surface area (Å²) in [5.74, 6) is 1.56. The maximum absolute atomic E-state index is 5.21. The zero-order valence-corrected chi connectivity index (χ0v) is 16.5. The quantitative estimate of drug-likeness (QED) is 0.429. The molecular formula is C20H15BrN6O. The summed E-state index contributed by atoms with van der Waals surface area (Å²) in [6.45, 7) is 0. The second kappa shape index (κ2) is 6.72. The second-order valence-corrected chi connectivity index (χ2v) is 7.17. The van der Waals surface area contributed by atoms with Gasteiger partial charge in [-0.25, -0.2) is 19.2 Å². The minimum atomic E-state index is 0.630. The number of hydrogen-bond donors (Lipinski definition) is 0. The van der Waals surface area contributed by atoms with Crippen molar-refractivity contribution in [2.75, 3.05) is 7.11 Å². The van der Waals surface area contributed by atoms with Crippen LogP contribution in [0, 0.1) is 0 Å². The molecule has 0 aliphatic heterocycles. The standard InChI is InChI=1S/C20H15BrN6O/c1-28-14-8-6-13(7-9-14)10-18-24-20-15-11-23-27(17-5-3-2-4-16(17)21)19(15)22-12-26(20)25-18/h2-9,11-12H,10H2,1H3. The van der Waals surface area contributed by atoms with Crippen LogP contribution in [0.15, 0.2) is 65.5 Å². The molecule has 0 aliphatic rings. The Balaban J connectivity index is 1.56. The average molecular weight is 435 g/mol. The van der Waals surface area contributed by atoms with Crippen LogP contribution in [0.3, 0.4) is 0 Å². The lowest BCUT2D eigenvalue weighted by atomic mass is 10.1. The van der Waals surface area contributed by atoms with Gasteiger partial charge in [-0.15, -0.1) is 5.10 Å². The zero-order chi connectivity index (χ0) is 19.1. The van der Waals surface area contributed by atoms with Crippen LogP contribution in [0.25, 0.3) is 22.4 Å². The van der Waals surface area contributed by atoms with E-state index in [9.17, 15) is 0 Å². The van der Waals surface area contributed by atoms with Crippen molar-refractivity contribution in [2.24, 2.45) is 0 Å². The van der Waals surface area contributed by atoms with Crippen molar-refractivity contribution >= 4 is 32.6 Å². The summed E-state index contributed by atoms with van der Waals surface area (Å²) in [6, 6.07) is 15.8. The first-order valence-electron chi connectivity index (χ1n) is 8.69. The van der Waals surface area contributed by atoms with Gasteiger partial charge in [-0.05, 0) is 45.8 Å². The molecule has 0 fully saturated rings. The maximum Gasteiger partial charge on any atom is 0.170 e. The van der Waals surface area contributed by atoms with Gasteiger partial charge >= 0.3 is 0 Å². The Labute approximate surface area is 168 Å². The Morgan fingerprint density at radius 3 is 2.64 bits per heavy atom. The Hall–Kier alpha value is -3.26. The fourth-order valence-electron chi connectivity index (χ4n) is 3.17. The highest BCUT2D eigenvalue weighted by molar-refractivity contribution is 9.10. The number of fused-ring (bicyclic) bond motifs is 3. The number of ether oxygens (including phenoxy) is 1. The summed E-state index contributed by atoms with van der Waals surface area (Å²) in [5.41, 5.74) is 3.52. The smallest absolute Gasteiger partial charge is 0.170 e. The minimum absolute atomic E-state index is 0.630. The Bertz CT molecular complexity index is 1290. The van der Waals surface area contributed by atoms with Gasteiger partial charge in [-0.1, -0.05) is 24.3 Å². The van der Waals surface area contributed by atoms with Gasteiger partial charge in [0.1, 0.15) is 12.1 Å². The number of hydrogen-bond acceptors (Lipinski definition) is 5. The van der Waals surface area contributed by atoms with Crippen LogP contribution in [-0.2, 0) is 6.42 Å². The molecule has 5 aromatic rings. The molecule has 0 unspecified atom stereocenters. The van der Waals surface area contributed by atoms with Crippen LogP contribution in [0.5, 0.6) is 5.75 Å². The number of halogens is 1. The lowest BCUT2D eigenvalue weighted by Gasteiger charge is -2.04. The van der Waals surface area contributed by atoms with Gasteiger partial charge in [0, 0.05) is 10.9 Å². The van der Waals surface area contributed by atoms with E-state index in [4.69, 9.17) is 9.72 Å². The fourth-order valence-corrected chi connectivity index (χ4v) is 3.62. The van der Waals surface area contributed by atoms with Crippen molar-refractivity contribution in [1.82, 2.24) is 29.4 Å². The van der Waals surface area contributed by atoms with Gasteiger partial charge in [-0.2, -0.15) is 5.10 Å². The van der Waals surface area contributed by atoms with Crippen LogP contribution in [-0.4, -0.2) is 36.5 Å². The van der Waals surface area contributed by atoms with E-state index in [1.54, 1.807) is 28.8 Å². The molecule has 0 saturated heterocycles. The van der Waals surface area contributed by atoms with E-state index >= 15 is 0 Å². The largest absolute Gasteiger partial charge is 0.497 e. The summed E-state index contributed by atoms with van der Waals surface area (Å²) in [5, 5.41) is 9.94. The summed E-state index contributed by atoms with van der Waals surface area (Å²) < 4.78 is 9.66. The maximum atomic E-state index is 5.21. The van der Waals surface area contributed by atoms with Gasteiger partial charge in [-0.3, -0.25) is 0 Å². The van der Waals surface area contributed by atoms with Gasteiger partial charge in [0.2, 0.25) is 0 Å². The first kappa shape index (κ1) is 16.9. The van der Waals surface area contributed by atoms with Crippen LogP contribution in [0.4, 0.5) is 0 Å². The fraction of sp³-hybridized carbons (Fsp3) is 0.100. The summed E-state index contributed by atoms with van der Waals surface area (Å²) in [4.78, 5) is 9.28. The Kier molecular flexibility index (Phi) is 4.05. The summed E-state index contributed by atoms with van der Waals surface area (Å²) in [7, 11) is 1.66. The predicted octanol–water partition coefficient (Wildman–Crippen LogP) is 3.83. The molecule has 0 aliphatic carbocycles. The van der Waals surface area contributed by atoms with Crippen molar-refractivity contribution in [3.63, 3.8) is 0 Å². The van der Waals surface area contributed by atoms with E-state index in [0.29, 0.717) is 6.42 Å². The Morgan fingerprint density at radius 2 is 1.86 bits per heavy atom. The molecule has 8 heteroatoms. The molecule has 3 heterocycles. The highest BCUT2D eigenvalue weighted by Crippen LogP contribution is 2.25. The summed E-state index contributed by atoms with van der Waals surface area (Å²) in [6.07, 6.45) is 4.09. The van der Waals surface area contributed by atoms with Crippen molar-refractivity contribution in [1.29, 1.82) is 0 Å². The van der Waals surface area contributed by atoms with E-state index in [1.165, 1.54) is 0 Å². The highest BCUT2D eigenvalue weighted by atomic mass is 79.9. The molecule has 0 amide bonds. The first-order valence-corrected chi connectivity index (χ1v) is 9.48. The first-order chi connectivity index (χ1) is 13.7. The minimum Gasteiger partial charge on any atom is -0.497 e. The van der Waals surface area contributed by atoms with Gasteiger partial charge < -0.3 is 4.74 Å². The SMILES string of the molecule is COc1ccc(Cc2nc3c4cnn(-c5ccccc5Br)c4ncn3n2)cc1. The molecule has 0 spiro atoms. The summed E-state index contributed by atoms with van der Waals surface area (Å²) >= 11 is 3.57. The molecular weight excluding hydrogens is 420 g/mol. The Morgan fingerprint density at radius 1 is 1.04 bits per heavy atom. The lowest BCUT2D eigenvalue weighted by Crippen LogP contribution is -1.99. The third kappa shape index (κ3) is 2.82. The van der Waals surface area contributed by atoms with Crippen molar-refractivity contribution < 1.29 is 4.74 Å². The molecule has 0 radical (unpaired) electrons. The third-order valence-corrected chi connectivity index (χ3v) is 5.22. The van der Waals surface area contributed by atoms with E-state index in [2.05, 4.69) is 31.1 Å². The van der Waals surface area contributed by atoms with E-state index in [-0.39, 0.29) is 0 Å². The van der Waals surface area contributed by atoms with E-state index in [1.807, 2.05) is 48.5 Å².